The zero-order valence-electron chi connectivity index (χ0n) is 13.7. The van der Waals surface area contributed by atoms with Gasteiger partial charge in [-0.3, -0.25) is 0 Å². The van der Waals surface area contributed by atoms with Crippen LogP contribution in [0.25, 0.3) is 46.4 Å². The summed E-state index contributed by atoms with van der Waals surface area (Å²) >= 11 is 0. The maximum atomic E-state index is 4.62. The second-order valence-corrected chi connectivity index (χ2v) is 5.91. The Hall–Kier alpha value is -2.93. The molecule has 0 aliphatic carbocycles. The van der Waals surface area contributed by atoms with Crippen LogP contribution in [0, 0.1) is 0 Å². The van der Waals surface area contributed by atoms with Gasteiger partial charge in [0.15, 0.2) is 0 Å². The third-order valence-corrected chi connectivity index (χ3v) is 4.04. The largest absolute Gasteiger partial charge is 0.412 e. The first-order valence-corrected chi connectivity index (χ1v) is 7.85. The summed E-state index contributed by atoms with van der Waals surface area (Å²) in [6, 6.07) is 16.4. The number of rotatable bonds is 0. The van der Waals surface area contributed by atoms with Crippen LogP contribution in [0.4, 0.5) is 0 Å². The van der Waals surface area contributed by atoms with Crippen LogP contribution in [-0.4, -0.2) is 25.4 Å². The molecule has 0 saturated carbocycles. The van der Waals surface area contributed by atoms with Crippen LogP contribution in [-0.2, 0) is 16.8 Å². The minimum Gasteiger partial charge on any atom is -0.412 e. The quantitative estimate of drug-likeness (QED) is 0.423. The zero-order chi connectivity index (χ0) is 15.9. The predicted molar refractivity (Wildman–Crippen MR) is 102 cm³/mol. The summed E-state index contributed by atoms with van der Waals surface area (Å²) in [5, 5.41) is 0. The number of aromatic nitrogens is 4. The molecule has 0 unspecified atom stereocenters. The number of hydrogen-bond acceptors (Lipinski definition) is 2. The number of nitrogens with one attached hydrogen (secondary N) is 2. The Morgan fingerprint density at radius 3 is 1.27 bits per heavy atom. The van der Waals surface area contributed by atoms with Crippen molar-refractivity contribution in [3.05, 3.63) is 71.3 Å². The maximum absolute atomic E-state index is 4.62. The molecular formula is C20H16CoN4O. The number of aromatic amines is 2. The Balaban J connectivity index is 0.000000980. The van der Waals surface area contributed by atoms with Crippen molar-refractivity contribution in [3.63, 3.8) is 0 Å². The van der Waals surface area contributed by atoms with Gasteiger partial charge in [0.2, 0.25) is 0 Å². The fourth-order valence-corrected chi connectivity index (χ4v) is 2.94. The molecule has 0 fully saturated rings. The van der Waals surface area contributed by atoms with Crippen molar-refractivity contribution in [1.82, 2.24) is 19.9 Å². The van der Waals surface area contributed by atoms with Crippen LogP contribution in [0.3, 0.4) is 0 Å². The summed E-state index contributed by atoms with van der Waals surface area (Å²) < 4.78 is 0. The average molecular weight is 387 g/mol. The van der Waals surface area contributed by atoms with Gasteiger partial charge in [0, 0.05) is 38.8 Å². The minimum atomic E-state index is 0. The van der Waals surface area contributed by atoms with Crippen molar-refractivity contribution < 1.29 is 22.3 Å². The van der Waals surface area contributed by atoms with Gasteiger partial charge in [0.05, 0.1) is 22.8 Å². The molecule has 0 spiro atoms. The molecule has 2 aliphatic heterocycles. The molecule has 6 heteroatoms. The fourth-order valence-electron chi connectivity index (χ4n) is 2.94. The maximum Gasteiger partial charge on any atom is 0.0659 e. The van der Waals surface area contributed by atoms with Crippen molar-refractivity contribution in [2.75, 3.05) is 0 Å². The molecule has 1 radical (unpaired) electrons. The van der Waals surface area contributed by atoms with E-state index in [0.717, 1.165) is 44.8 Å². The Morgan fingerprint density at radius 2 is 0.846 bits per heavy atom. The number of nitrogens with zero attached hydrogens (tertiary/aromatic N) is 2. The molecule has 0 atom stereocenters. The van der Waals surface area contributed by atoms with Gasteiger partial charge in [-0.25, -0.2) is 9.97 Å². The van der Waals surface area contributed by atoms with E-state index in [1.807, 2.05) is 42.5 Å². The molecule has 2 aliphatic rings. The van der Waals surface area contributed by atoms with E-state index < -0.39 is 0 Å². The van der Waals surface area contributed by atoms with Gasteiger partial charge in [-0.15, -0.1) is 0 Å². The second kappa shape index (κ2) is 7.13. The van der Waals surface area contributed by atoms with E-state index >= 15 is 0 Å². The van der Waals surface area contributed by atoms with E-state index in [1.165, 1.54) is 0 Å². The molecular weight excluding hydrogens is 371 g/mol. The Kier molecular flexibility index (Phi) is 4.90. The molecule has 3 aromatic heterocycles. The van der Waals surface area contributed by atoms with Crippen molar-refractivity contribution >= 4 is 46.4 Å². The summed E-state index contributed by atoms with van der Waals surface area (Å²) in [6.45, 7) is 0. The number of fused-ring (bicyclic) bond motifs is 8. The van der Waals surface area contributed by atoms with Crippen LogP contribution in [0.5, 0.6) is 0 Å². The monoisotopic (exact) mass is 387 g/mol. The van der Waals surface area contributed by atoms with E-state index in [2.05, 4.69) is 50.3 Å². The van der Waals surface area contributed by atoms with Gasteiger partial charge >= 0.3 is 0 Å². The zero-order valence-corrected chi connectivity index (χ0v) is 14.7. The SMILES string of the molecule is C1=Cc2cc3ccc(cc4ccc(cc5nc(cc1n2)C=C5)[nH]4)[nH]3.O.[Co]. The molecule has 5 rings (SSSR count). The molecule has 0 aromatic carbocycles. The molecule has 0 saturated heterocycles. The van der Waals surface area contributed by atoms with Crippen LogP contribution in [0.15, 0.2) is 48.5 Å². The van der Waals surface area contributed by atoms with E-state index in [1.54, 1.807) is 0 Å². The third-order valence-electron chi connectivity index (χ3n) is 4.04. The van der Waals surface area contributed by atoms with Crippen LogP contribution >= 0.6 is 0 Å². The van der Waals surface area contributed by atoms with E-state index in [4.69, 9.17) is 0 Å². The Bertz CT molecular complexity index is 1080. The summed E-state index contributed by atoms with van der Waals surface area (Å²) in [4.78, 5) is 16.0. The van der Waals surface area contributed by atoms with Crippen molar-refractivity contribution in [1.29, 1.82) is 0 Å². The average Bonchev–Trinajstić information content (AvgIpc) is 3.32. The Labute approximate surface area is 160 Å². The molecule has 131 valence electrons. The summed E-state index contributed by atoms with van der Waals surface area (Å²) in [6.07, 6.45) is 8.05. The summed E-state index contributed by atoms with van der Waals surface area (Å²) in [7, 11) is 0. The topological polar surface area (TPSA) is 88.9 Å². The minimum absolute atomic E-state index is 0. The molecule has 0 amide bonds. The third kappa shape index (κ3) is 3.52. The predicted octanol–water partition coefficient (Wildman–Crippen LogP) is 3.83. The van der Waals surface area contributed by atoms with Gasteiger partial charge in [-0.2, -0.15) is 0 Å². The molecule has 4 N–H and O–H groups in total. The normalized spacial score (nSPS) is 11.7. The van der Waals surface area contributed by atoms with Gasteiger partial charge < -0.3 is 15.4 Å². The molecule has 26 heavy (non-hydrogen) atoms. The van der Waals surface area contributed by atoms with Crippen molar-refractivity contribution in [3.8, 4) is 0 Å². The second-order valence-electron chi connectivity index (χ2n) is 5.91. The smallest absolute Gasteiger partial charge is 0.0659 e. The standard InChI is InChI=1S/C20H14N4.Co.H2O/c1-2-14-10-16-5-6-18(23-16)12-20-8-7-19(24-20)11-17-4-3-15(22-17)9-13(1)21-14;;/h1-12,21-22H;;1H2. The van der Waals surface area contributed by atoms with Gasteiger partial charge in [0.1, 0.15) is 0 Å². The fraction of sp³-hybridized carbons (Fsp3) is 0. The molecule has 3 aromatic rings. The van der Waals surface area contributed by atoms with Crippen molar-refractivity contribution in [2.45, 2.75) is 0 Å². The Morgan fingerprint density at radius 1 is 0.500 bits per heavy atom. The van der Waals surface area contributed by atoms with Gasteiger partial charge in [-0.1, -0.05) is 0 Å². The number of H-pyrrole nitrogens is 2. The van der Waals surface area contributed by atoms with Crippen LogP contribution in [0.2, 0.25) is 0 Å². The van der Waals surface area contributed by atoms with E-state index in [0.29, 0.717) is 0 Å². The summed E-state index contributed by atoms with van der Waals surface area (Å²) in [5.74, 6) is 0. The first-order valence-electron chi connectivity index (χ1n) is 7.85. The van der Waals surface area contributed by atoms with E-state index in [-0.39, 0.29) is 22.3 Å². The molecule has 8 bridgehead atoms. The first-order chi connectivity index (χ1) is 11.8. The van der Waals surface area contributed by atoms with Crippen LogP contribution in [0.1, 0.15) is 22.8 Å². The summed E-state index contributed by atoms with van der Waals surface area (Å²) in [5.41, 5.74) is 7.86. The molecule has 5 heterocycles. The first kappa shape index (κ1) is 17.9. The van der Waals surface area contributed by atoms with E-state index in [9.17, 15) is 0 Å². The molecule has 5 nitrogen and oxygen atoms in total. The van der Waals surface area contributed by atoms with Gasteiger partial charge in [0.25, 0.3) is 0 Å². The van der Waals surface area contributed by atoms with Gasteiger partial charge in [-0.05, 0) is 72.8 Å². The number of hydrogen-bond donors (Lipinski definition) is 2. The van der Waals surface area contributed by atoms with Crippen LogP contribution < -0.4 is 0 Å². The van der Waals surface area contributed by atoms with Crippen molar-refractivity contribution in [2.24, 2.45) is 0 Å².